The van der Waals surface area contributed by atoms with Crippen molar-refractivity contribution in [3.05, 3.63) is 108 Å². The molecule has 2 heterocycles. The molecule has 4 aromatic rings. The third-order valence-electron chi connectivity index (χ3n) is 7.10. The Bertz CT molecular complexity index is 1740. The predicted octanol–water partition coefficient (Wildman–Crippen LogP) is 4.57. The topological polar surface area (TPSA) is 63.9 Å². The Morgan fingerprint density at radius 3 is 2.45 bits per heavy atom. The highest BCUT2D eigenvalue weighted by atomic mass is 32.1. The molecule has 3 aromatic carbocycles. The van der Waals surface area contributed by atoms with Gasteiger partial charge in [0.05, 0.1) is 22.9 Å². The molecule has 0 saturated carbocycles. The van der Waals surface area contributed by atoms with E-state index in [1.165, 1.54) is 11.3 Å². The number of amides is 1. The molecular formula is C31H31N3O3S. The fraction of sp³-hybridized carbons (Fsp3) is 0.258. The Morgan fingerprint density at radius 2 is 1.76 bits per heavy atom. The zero-order valence-corrected chi connectivity index (χ0v) is 23.1. The molecule has 7 heteroatoms. The number of allylic oxidation sites excluding steroid dienone is 1. The minimum atomic E-state index is -0.680. The number of aryl methyl sites for hydroxylation is 1. The number of carbonyl (C=O) groups is 1. The maximum atomic E-state index is 14.1. The van der Waals surface area contributed by atoms with Crippen LogP contribution in [0.5, 0.6) is 5.75 Å². The van der Waals surface area contributed by atoms with E-state index in [1.54, 1.807) is 16.6 Å². The zero-order chi connectivity index (χ0) is 27.0. The molecule has 0 radical (unpaired) electrons. The van der Waals surface area contributed by atoms with Crippen LogP contribution in [0.25, 0.3) is 16.8 Å². The monoisotopic (exact) mass is 525 g/mol. The summed E-state index contributed by atoms with van der Waals surface area (Å²) in [6, 6.07) is 19.3. The molecule has 0 unspecified atom stereocenters. The van der Waals surface area contributed by atoms with E-state index in [2.05, 4.69) is 0 Å². The summed E-state index contributed by atoms with van der Waals surface area (Å²) >= 11 is 1.34. The molecule has 1 aliphatic heterocycles. The summed E-state index contributed by atoms with van der Waals surface area (Å²) in [5.41, 5.74) is 3.82. The van der Waals surface area contributed by atoms with Gasteiger partial charge in [0.1, 0.15) is 11.8 Å². The first-order chi connectivity index (χ1) is 18.4. The second kappa shape index (κ2) is 10.4. The van der Waals surface area contributed by atoms with E-state index >= 15 is 0 Å². The van der Waals surface area contributed by atoms with E-state index in [-0.39, 0.29) is 11.5 Å². The van der Waals surface area contributed by atoms with Gasteiger partial charge in [0, 0.05) is 18.7 Å². The Balaban J connectivity index is 1.85. The summed E-state index contributed by atoms with van der Waals surface area (Å²) in [5, 5.41) is 1.94. The summed E-state index contributed by atoms with van der Waals surface area (Å²) in [6.07, 6.45) is 1.89. The first-order valence-corrected chi connectivity index (χ1v) is 13.6. The smallest absolute Gasteiger partial charge is 0.271 e. The fourth-order valence-electron chi connectivity index (χ4n) is 5.10. The number of methoxy groups -OCH3 is 1. The Hall–Kier alpha value is -3.97. The van der Waals surface area contributed by atoms with Gasteiger partial charge in [-0.25, -0.2) is 4.99 Å². The average Bonchev–Trinajstić information content (AvgIpc) is 3.23. The van der Waals surface area contributed by atoms with Crippen LogP contribution in [-0.4, -0.2) is 35.6 Å². The Labute approximate surface area is 225 Å². The van der Waals surface area contributed by atoms with Crippen molar-refractivity contribution >= 4 is 34.1 Å². The van der Waals surface area contributed by atoms with Crippen LogP contribution in [0, 0.1) is 6.92 Å². The van der Waals surface area contributed by atoms with Crippen LogP contribution in [0.3, 0.4) is 0 Å². The molecule has 0 spiro atoms. The van der Waals surface area contributed by atoms with Gasteiger partial charge in [-0.15, -0.1) is 0 Å². The molecule has 0 aliphatic carbocycles. The molecule has 0 N–H and O–H groups in total. The highest BCUT2D eigenvalue weighted by Crippen LogP contribution is 2.40. The van der Waals surface area contributed by atoms with Crippen molar-refractivity contribution in [3.63, 3.8) is 0 Å². The molecule has 38 heavy (non-hydrogen) atoms. The lowest BCUT2D eigenvalue weighted by Crippen LogP contribution is -2.43. The number of likely N-dealkylation sites (N-methyl/N-ethyl adjacent to an activating group) is 1. The van der Waals surface area contributed by atoms with Gasteiger partial charge in [-0.05, 0) is 56.2 Å². The van der Waals surface area contributed by atoms with Crippen LogP contribution < -0.4 is 19.6 Å². The molecule has 194 valence electrons. The van der Waals surface area contributed by atoms with E-state index in [4.69, 9.17) is 9.73 Å². The van der Waals surface area contributed by atoms with Crippen LogP contribution >= 0.6 is 11.3 Å². The van der Waals surface area contributed by atoms with Crippen molar-refractivity contribution in [2.75, 3.05) is 20.2 Å². The lowest BCUT2D eigenvalue weighted by molar-refractivity contribution is -0.127. The van der Waals surface area contributed by atoms with E-state index in [9.17, 15) is 9.59 Å². The number of nitrogens with zero attached hydrogens (tertiary/aromatic N) is 3. The maximum Gasteiger partial charge on any atom is 0.271 e. The number of benzene rings is 3. The Morgan fingerprint density at radius 1 is 1.05 bits per heavy atom. The van der Waals surface area contributed by atoms with Gasteiger partial charge in [-0.1, -0.05) is 71.5 Å². The van der Waals surface area contributed by atoms with E-state index in [0.29, 0.717) is 39.4 Å². The second-order valence-electron chi connectivity index (χ2n) is 9.37. The minimum Gasteiger partial charge on any atom is -0.496 e. The van der Waals surface area contributed by atoms with Gasteiger partial charge in [0.25, 0.3) is 11.5 Å². The molecule has 0 saturated heterocycles. The average molecular weight is 526 g/mol. The lowest BCUT2D eigenvalue weighted by Gasteiger charge is -2.30. The maximum absolute atomic E-state index is 14.1. The fourth-order valence-corrected chi connectivity index (χ4v) is 6.15. The number of hydrogen-bond donors (Lipinski definition) is 0. The highest BCUT2D eigenvalue weighted by Gasteiger charge is 2.36. The third-order valence-corrected chi connectivity index (χ3v) is 8.08. The number of aromatic nitrogens is 1. The Kier molecular flexibility index (Phi) is 7.04. The summed E-state index contributed by atoms with van der Waals surface area (Å²) in [6.45, 7) is 8.93. The molecule has 1 amide bonds. The molecule has 0 bridgehead atoms. The number of thiazole rings is 1. The van der Waals surface area contributed by atoms with Crippen molar-refractivity contribution in [3.8, 4) is 5.75 Å². The van der Waals surface area contributed by atoms with Crippen LogP contribution in [0.4, 0.5) is 0 Å². The summed E-state index contributed by atoms with van der Waals surface area (Å²) < 4.78 is 8.10. The second-order valence-corrected chi connectivity index (χ2v) is 10.4. The number of fused-ring (bicyclic) bond motifs is 2. The summed E-state index contributed by atoms with van der Waals surface area (Å²) in [4.78, 5) is 35.2. The molecule has 0 fully saturated rings. The van der Waals surface area contributed by atoms with Crippen LogP contribution in [0.1, 0.15) is 43.5 Å². The number of carbonyl (C=O) groups excluding carboxylic acids is 1. The van der Waals surface area contributed by atoms with Crippen LogP contribution in [0.15, 0.2) is 81.7 Å². The summed E-state index contributed by atoms with van der Waals surface area (Å²) in [7, 11) is 1.62. The molecule has 1 aliphatic rings. The standard InChI is InChI=1S/C31H31N3O3S/c1-6-33(7-2)30(36)26-20(4)32-31-34(29(35)25(38-31)18-21-14-12-19(3)13-15-21)28(26)27-23-11-9-8-10-22(23)16-17-24(27)37-5/h8-18,28H,6-7H2,1-5H3/b25-18+/t28-/m0/s1. The molecule has 1 atom stereocenters. The highest BCUT2D eigenvalue weighted by molar-refractivity contribution is 7.07. The van der Waals surface area contributed by atoms with Crippen LogP contribution in [-0.2, 0) is 4.79 Å². The first-order valence-electron chi connectivity index (χ1n) is 12.8. The van der Waals surface area contributed by atoms with Crippen molar-refractivity contribution in [2.45, 2.75) is 33.7 Å². The first kappa shape index (κ1) is 25.7. The van der Waals surface area contributed by atoms with E-state index in [0.717, 1.165) is 27.5 Å². The predicted molar refractivity (Wildman–Crippen MR) is 153 cm³/mol. The SMILES string of the molecule is CCN(CC)C(=O)C1=C(C)N=c2s/c(=C/c3ccc(C)cc3)c(=O)n2[C@@H]1c1c(OC)ccc2ccccc12. The number of ether oxygens (including phenoxy) is 1. The van der Waals surface area contributed by atoms with Crippen molar-refractivity contribution in [1.29, 1.82) is 0 Å². The van der Waals surface area contributed by atoms with E-state index in [1.807, 2.05) is 94.4 Å². The quantitative estimate of drug-likeness (QED) is 0.370. The summed E-state index contributed by atoms with van der Waals surface area (Å²) in [5.74, 6) is 0.505. The van der Waals surface area contributed by atoms with Gasteiger partial charge in [-0.2, -0.15) is 0 Å². The normalized spacial score (nSPS) is 15.4. The molecule has 1 aromatic heterocycles. The van der Waals surface area contributed by atoms with Gasteiger partial charge in [0.15, 0.2) is 4.80 Å². The molecule has 5 rings (SSSR count). The van der Waals surface area contributed by atoms with Gasteiger partial charge in [0.2, 0.25) is 0 Å². The minimum absolute atomic E-state index is 0.121. The zero-order valence-electron chi connectivity index (χ0n) is 22.3. The van der Waals surface area contributed by atoms with Gasteiger partial charge in [-0.3, -0.25) is 14.2 Å². The largest absolute Gasteiger partial charge is 0.496 e. The number of rotatable bonds is 6. The van der Waals surface area contributed by atoms with Crippen molar-refractivity contribution < 1.29 is 9.53 Å². The molecule has 6 nitrogen and oxygen atoms in total. The lowest BCUT2D eigenvalue weighted by atomic mass is 9.90. The van der Waals surface area contributed by atoms with E-state index < -0.39 is 6.04 Å². The van der Waals surface area contributed by atoms with Crippen LogP contribution in [0.2, 0.25) is 0 Å². The third kappa shape index (κ3) is 4.37. The van der Waals surface area contributed by atoms with Crippen molar-refractivity contribution in [1.82, 2.24) is 9.47 Å². The molecular weight excluding hydrogens is 494 g/mol. The van der Waals surface area contributed by atoms with Gasteiger partial charge >= 0.3 is 0 Å². The number of hydrogen-bond acceptors (Lipinski definition) is 5. The van der Waals surface area contributed by atoms with Gasteiger partial charge < -0.3 is 9.64 Å². The van der Waals surface area contributed by atoms with Crippen molar-refractivity contribution in [2.24, 2.45) is 4.99 Å².